The van der Waals surface area contributed by atoms with Gasteiger partial charge in [0.15, 0.2) is 17.0 Å². The van der Waals surface area contributed by atoms with Gasteiger partial charge in [0.1, 0.15) is 0 Å². The van der Waals surface area contributed by atoms with Crippen molar-refractivity contribution in [3.63, 3.8) is 0 Å². The Labute approximate surface area is 138 Å². The zero-order valence-electron chi connectivity index (χ0n) is 13.7. The minimum atomic E-state index is -0.0713. The van der Waals surface area contributed by atoms with E-state index in [1.165, 1.54) is 0 Å². The molecule has 0 unspecified atom stereocenters. The molecule has 0 atom stereocenters. The quantitative estimate of drug-likeness (QED) is 0.575. The number of nitrogens with zero attached hydrogens (tertiary/aromatic N) is 6. The van der Waals surface area contributed by atoms with E-state index in [1.807, 2.05) is 48.7 Å². The summed E-state index contributed by atoms with van der Waals surface area (Å²) in [4.78, 5) is 21.8. The monoisotopic (exact) mass is 322 g/mol. The second-order valence-corrected chi connectivity index (χ2v) is 5.65. The van der Waals surface area contributed by atoms with E-state index in [-0.39, 0.29) is 5.56 Å². The van der Waals surface area contributed by atoms with Crippen LogP contribution in [0.5, 0.6) is 0 Å². The number of rotatable bonds is 4. The highest BCUT2D eigenvalue weighted by molar-refractivity contribution is 5.72. The maximum atomic E-state index is 12.8. The summed E-state index contributed by atoms with van der Waals surface area (Å²) in [6.45, 7) is 5.15. The number of fused-ring (bicyclic) bond motifs is 3. The highest BCUT2D eigenvalue weighted by Crippen LogP contribution is 2.13. The van der Waals surface area contributed by atoms with Crippen LogP contribution in [0.4, 0.5) is 0 Å². The van der Waals surface area contributed by atoms with Crippen LogP contribution in [-0.2, 0) is 19.5 Å². The Balaban J connectivity index is 1.97. The molecule has 1 aromatic carbocycles. The molecular formula is C17H18N6O. The minimum Gasteiger partial charge on any atom is -0.325 e. The third kappa shape index (κ3) is 2.12. The molecule has 4 aromatic rings. The molecule has 7 heteroatoms. The van der Waals surface area contributed by atoms with Gasteiger partial charge in [-0.25, -0.2) is 4.98 Å². The average molecular weight is 322 g/mol. The highest BCUT2D eigenvalue weighted by Gasteiger charge is 2.18. The fourth-order valence-corrected chi connectivity index (χ4v) is 3.00. The predicted octanol–water partition coefficient (Wildman–Crippen LogP) is 1.87. The summed E-state index contributed by atoms with van der Waals surface area (Å²) >= 11 is 0. The molecule has 0 amide bonds. The lowest BCUT2D eigenvalue weighted by Crippen LogP contribution is -2.24. The van der Waals surface area contributed by atoms with Gasteiger partial charge in [0, 0.05) is 19.5 Å². The molecule has 122 valence electrons. The van der Waals surface area contributed by atoms with E-state index in [9.17, 15) is 4.79 Å². The van der Waals surface area contributed by atoms with E-state index in [0.717, 1.165) is 5.56 Å². The van der Waals surface area contributed by atoms with Gasteiger partial charge in [-0.3, -0.25) is 9.36 Å². The van der Waals surface area contributed by atoms with Crippen LogP contribution in [0.1, 0.15) is 25.2 Å². The fraction of sp³-hybridized carbons (Fsp3) is 0.294. The summed E-state index contributed by atoms with van der Waals surface area (Å²) in [6, 6.07) is 10.1. The molecule has 0 bridgehead atoms. The van der Waals surface area contributed by atoms with E-state index in [4.69, 9.17) is 0 Å². The van der Waals surface area contributed by atoms with Gasteiger partial charge >= 0.3 is 0 Å². The third-order valence-electron chi connectivity index (χ3n) is 4.20. The van der Waals surface area contributed by atoms with Crippen LogP contribution in [0.3, 0.4) is 0 Å². The van der Waals surface area contributed by atoms with E-state index in [1.54, 1.807) is 15.4 Å². The largest absolute Gasteiger partial charge is 0.325 e. The Morgan fingerprint density at radius 1 is 1.08 bits per heavy atom. The zero-order valence-corrected chi connectivity index (χ0v) is 13.7. The lowest BCUT2D eigenvalue weighted by atomic mass is 10.1. The van der Waals surface area contributed by atoms with Crippen LogP contribution >= 0.6 is 0 Å². The first-order valence-corrected chi connectivity index (χ1v) is 8.10. The molecule has 0 saturated carbocycles. The molecule has 4 rings (SSSR count). The van der Waals surface area contributed by atoms with E-state index in [0.29, 0.717) is 42.3 Å². The SMILES string of the molecule is CCn1cnc2c1c(=O)n(CC)c1nc(Cc3ccccc3)nn21. The van der Waals surface area contributed by atoms with Gasteiger partial charge in [0.25, 0.3) is 5.56 Å². The van der Waals surface area contributed by atoms with Gasteiger partial charge in [-0.05, 0) is 19.4 Å². The number of aromatic nitrogens is 6. The van der Waals surface area contributed by atoms with Crippen LogP contribution in [0, 0.1) is 0 Å². The van der Waals surface area contributed by atoms with Crippen LogP contribution in [0.15, 0.2) is 41.5 Å². The average Bonchev–Trinajstić information content (AvgIpc) is 3.20. The first-order chi connectivity index (χ1) is 11.7. The first kappa shape index (κ1) is 14.6. The maximum Gasteiger partial charge on any atom is 0.281 e. The molecule has 0 aliphatic carbocycles. The van der Waals surface area contributed by atoms with Crippen molar-refractivity contribution in [1.29, 1.82) is 0 Å². The molecular weight excluding hydrogens is 304 g/mol. The smallest absolute Gasteiger partial charge is 0.281 e. The van der Waals surface area contributed by atoms with Crippen molar-refractivity contribution in [2.45, 2.75) is 33.4 Å². The van der Waals surface area contributed by atoms with Gasteiger partial charge in [-0.15, -0.1) is 5.10 Å². The number of hydrogen-bond acceptors (Lipinski definition) is 4. The Kier molecular flexibility index (Phi) is 3.41. The predicted molar refractivity (Wildman–Crippen MR) is 91.1 cm³/mol. The molecule has 0 fully saturated rings. The normalized spacial score (nSPS) is 11.6. The van der Waals surface area contributed by atoms with E-state index in [2.05, 4.69) is 15.1 Å². The summed E-state index contributed by atoms with van der Waals surface area (Å²) in [5.41, 5.74) is 2.20. The Bertz CT molecular complexity index is 1070. The van der Waals surface area contributed by atoms with Crippen LogP contribution in [0.2, 0.25) is 0 Å². The molecule has 7 nitrogen and oxygen atoms in total. The molecule has 3 heterocycles. The number of imidazole rings is 1. The molecule has 3 aromatic heterocycles. The standard InChI is InChI=1S/C17H18N6O/c1-3-21-11-18-15-14(21)16(24)22(4-2)17-19-13(20-23(15)17)10-12-8-6-5-7-9-12/h5-9,11H,3-4,10H2,1-2H3. The number of hydrogen-bond donors (Lipinski definition) is 0. The second kappa shape index (κ2) is 5.59. The molecule has 0 saturated heterocycles. The van der Waals surface area contributed by atoms with Gasteiger partial charge < -0.3 is 4.57 Å². The topological polar surface area (TPSA) is 70.0 Å². The van der Waals surface area contributed by atoms with Crippen LogP contribution in [-0.4, -0.2) is 28.7 Å². The Morgan fingerprint density at radius 3 is 2.58 bits per heavy atom. The summed E-state index contributed by atoms with van der Waals surface area (Å²) in [5.74, 6) is 1.23. The minimum absolute atomic E-state index is 0.0713. The fourth-order valence-electron chi connectivity index (χ4n) is 3.00. The van der Waals surface area contributed by atoms with Crippen molar-refractivity contribution in [1.82, 2.24) is 28.7 Å². The highest BCUT2D eigenvalue weighted by atomic mass is 16.1. The molecule has 0 aliphatic rings. The Morgan fingerprint density at radius 2 is 1.88 bits per heavy atom. The lowest BCUT2D eigenvalue weighted by Gasteiger charge is -2.05. The summed E-state index contributed by atoms with van der Waals surface area (Å²) in [6.07, 6.45) is 2.31. The van der Waals surface area contributed by atoms with Gasteiger partial charge in [-0.1, -0.05) is 30.3 Å². The van der Waals surface area contributed by atoms with E-state index < -0.39 is 0 Å². The summed E-state index contributed by atoms with van der Waals surface area (Å²) < 4.78 is 5.18. The molecule has 24 heavy (non-hydrogen) atoms. The van der Waals surface area contributed by atoms with E-state index >= 15 is 0 Å². The second-order valence-electron chi connectivity index (χ2n) is 5.65. The molecule has 0 spiro atoms. The van der Waals surface area contributed by atoms with Crippen molar-refractivity contribution in [2.24, 2.45) is 0 Å². The number of aryl methyl sites for hydroxylation is 2. The van der Waals surface area contributed by atoms with Crippen molar-refractivity contribution in [2.75, 3.05) is 0 Å². The zero-order chi connectivity index (χ0) is 16.7. The summed E-state index contributed by atoms with van der Waals surface area (Å²) in [7, 11) is 0. The van der Waals surface area contributed by atoms with Crippen molar-refractivity contribution < 1.29 is 0 Å². The number of benzene rings is 1. The Hall–Kier alpha value is -2.96. The third-order valence-corrected chi connectivity index (χ3v) is 4.20. The molecule has 0 N–H and O–H groups in total. The van der Waals surface area contributed by atoms with Crippen molar-refractivity contribution in [3.8, 4) is 0 Å². The molecule has 0 aliphatic heterocycles. The van der Waals surface area contributed by atoms with Gasteiger partial charge in [0.05, 0.1) is 6.33 Å². The van der Waals surface area contributed by atoms with Gasteiger partial charge in [0.2, 0.25) is 5.78 Å². The maximum absolute atomic E-state index is 12.8. The van der Waals surface area contributed by atoms with Crippen molar-refractivity contribution in [3.05, 3.63) is 58.4 Å². The lowest BCUT2D eigenvalue weighted by molar-refractivity contribution is 0.715. The van der Waals surface area contributed by atoms with Crippen LogP contribution in [0.25, 0.3) is 16.9 Å². The molecule has 0 radical (unpaired) electrons. The first-order valence-electron chi connectivity index (χ1n) is 8.10. The van der Waals surface area contributed by atoms with Crippen LogP contribution < -0.4 is 5.56 Å². The summed E-state index contributed by atoms with van der Waals surface area (Å²) in [5, 5.41) is 4.60. The van der Waals surface area contributed by atoms with Crippen molar-refractivity contribution >= 4 is 16.9 Å². The van der Waals surface area contributed by atoms with Gasteiger partial charge in [-0.2, -0.15) is 9.50 Å².